The van der Waals surface area contributed by atoms with E-state index in [1.165, 1.54) is 0 Å². The third-order valence-electron chi connectivity index (χ3n) is 2.77. The standard InChI is InChI=1S/C11H12F3N3O/c12-11(13,14)10(18)6-8(16-9(15)17-10)7-4-2-1-3-5-7/h1-5,8,18H,6H2,(H3,15,16,17)/t8-,10-/m1/s1. The number of hydrogen-bond donors (Lipinski definition) is 3. The molecule has 1 aromatic rings. The molecule has 0 amide bonds. The van der Waals surface area contributed by atoms with Crippen LogP contribution in [-0.4, -0.2) is 23.0 Å². The van der Waals surface area contributed by atoms with E-state index in [0.717, 1.165) is 0 Å². The first kappa shape index (κ1) is 12.7. The molecule has 1 aliphatic rings. The molecule has 1 aliphatic heterocycles. The van der Waals surface area contributed by atoms with E-state index in [4.69, 9.17) is 5.73 Å². The molecule has 2 rings (SSSR count). The third-order valence-corrected chi connectivity index (χ3v) is 2.77. The van der Waals surface area contributed by atoms with Gasteiger partial charge in [0.25, 0.3) is 0 Å². The number of nitrogens with zero attached hydrogens (tertiary/aromatic N) is 1. The Morgan fingerprint density at radius 2 is 1.94 bits per heavy atom. The van der Waals surface area contributed by atoms with Crippen LogP contribution in [-0.2, 0) is 0 Å². The van der Waals surface area contributed by atoms with Crippen LogP contribution in [0, 0.1) is 0 Å². The Morgan fingerprint density at radius 1 is 1.33 bits per heavy atom. The fourth-order valence-electron chi connectivity index (χ4n) is 1.84. The van der Waals surface area contributed by atoms with Crippen molar-refractivity contribution in [2.45, 2.75) is 24.4 Å². The van der Waals surface area contributed by atoms with E-state index in [2.05, 4.69) is 4.99 Å². The van der Waals surface area contributed by atoms with Crippen LogP contribution in [0.5, 0.6) is 0 Å². The molecule has 0 bridgehead atoms. The molecule has 0 saturated carbocycles. The molecule has 18 heavy (non-hydrogen) atoms. The summed E-state index contributed by atoms with van der Waals surface area (Å²) in [6.07, 6.45) is -5.43. The van der Waals surface area contributed by atoms with Crippen molar-refractivity contribution >= 4 is 5.96 Å². The Bertz CT molecular complexity index is 460. The zero-order valence-electron chi connectivity index (χ0n) is 9.28. The monoisotopic (exact) mass is 259 g/mol. The highest BCUT2D eigenvalue weighted by Gasteiger charge is 2.56. The van der Waals surface area contributed by atoms with Gasteiger partial charge < -0.3 is 16.2 Å². The normalized spacial score (nSPS) is 28.4. The lowest BCUT2D eigenvalue weighted by molar-refractivity contribution is -0.272. The predicted molar refractivity (Wildman–Crippen MR) is 59.6 cm³/mol. The summed E-state index contributed by atoms with van der Waals surface area (Å²) in [5.41, 5.74) is 2.85. The van der Waals surface area contributed by atoms with Gasteiger partial charge in [0.1, 0.15) is 0 Å². The van der Waals surface area contributed by atoms with Gasteiger partial charge in [-0.2, -0.15) is 13.2 Å². The first-order valence-electron chi connectivity index (χ1n) is 5.27. The number of halogens is 3. The number of benzene rings is 1. The molecule has 0 radical (unpaired) electrons. The number of rotatable bonds is 1. The topological polar surface area (TPSA) is 70.6 Å². The van der Waals surface area contributed by atoms with Crippen LogP contribution >= 0.6 is 0 Å². The van der Waals surface area contributed by atoms with Gasteiger partial charge in [0.15, 0.2) is 5.96 Å². The molecule has 0 aliphatic carbocycles. The number of alkyl halides is 3. The van der Waals surface area contributed by atoms with Gasteiger partial charge in [-0.25, -0.2) is 4.99 Å². The van der Waals surface area contributed by atoms with Crippen LogP contribution in [0.15, 0.2) is 35.3 Å². The number of nitrogens with two attached hydrogens (primary N) is 1. The fraction of sp³-hybridized carbons (Fsp3) is 0.364. The highest BCUT2D eigenvalue weighted by atomic mass is 19.4. The SMILES string of the molecule is NC1=N[C@@H](c2ccccc2)C[C@@](O)(C(F)(F)F)N1. The van der Waals surface area contributed by atoms with E-state index in [1.807, 2.05) is 0 Å². The quantitative estimate of drug-likeness (QED) is 0.711. The van der Waals surface area contributed by atoms with E-state index < -0.39 is 30.3 Å². The summed E-state index contributed by atoms with van der Waals surface area (Å²) in [6, 6.07) is 7.59. The van der Waals surface area contributed by atoms with E-state index in [0.29, 0.717) is 5.56 Å². The number of aliphatic imine (C=N–C) groups is 1. The molecule has 2 atom stereocenters. The van der Waals surface area contributed by atoms with E-state index in [9.17, 15) is 18.3 Å². The molecule has 1 heterocycles. The molecule has 0 fully saturated rings. The average Bonchev–Trinajstić information content (AvgIpc) is 2.27. The van der Waals surface area contributed by atoms with E-state index in [-0.39, 0.29) is 0 Å². The lowest BCUT2D eigenvalue weighted by Crippen LogP contribution is -2.63. The van der Waals surface area contributed by atoms with Crippen molar-refractivity contribution in [1.29, 1.82) is 0 Å². The smallest absolute Gasteiger partial charge is 0.370 e. The largest absolute Gasteiger partial charge is 0.436 e. The highest BCUT2D eigenvalue weighted by Crippen LogP contribution is 2.38. The Morgan fingerprint density at radius 3 is 2.50 bits per heavy atom. The number of aliphatic hydroxyl groups is 1. The minimum Gasteiger partial charge on any atom is -0.370 e. The van der Waals surface area contributed by atoms with Crippen molar-refractivity contribution in [2.24, 2.45) is 10.7 Å². The summed E-state index contributed by atoms with van der Waals surface area (Å²) in [5.74, 6) is -0.421. The van der Waals surface area contributed by atoms with Crippen molar-refractivity contribution in [1.82, 2.24) is 5.32 Å². The molecule has 1 aromatic carbocycles. The van der Waals surface area contributed by atoms with Gasteiger partial charge >= 0.3 is 6.18 Å². The lowest BCUT2D eigenvalue weighted by atomic mass is 9.95. The highest BCUT2D eigenvalue weighted by molar-refractivity contribution is 5.79. The van der Waals surface area contributed by atoms with Crippen molar-refractivity contribution < 1.29 is 18.3 Å². The van der Waals surface area contributed by atoms with Gasteiger partial charge in [-0.1, -0.05) is 30.3 Å². The van der Waals surface area contributed by atoms with Crippen LogP contribution < -0.4 is 11.1 Å². The summed E-state index contributed by atoms with van der Waals surface area (Å²) < 4.78 is 38.3. The summed E-state index contributed by atoms with van der Waals surface area (Å²) in [7, 11) is 0. The Balaban J connectivity index is 2.33. The van der Waals surface area contributed by atoms with Gasteiger partial charge in [0.2, 0.25) is 5.72 Å². The zero-order valence-corrected chi connectivity index (χ0v) is 9.28. The maximum atomic E-state index is 12.8. The minimum absolute atomic E-state index is 0.421. The summed E-state index contributed by atoms with van der Waals surface area (Å²) >= 11 is 0. The summed E-state index contributed by atoms with van der Waals surface area (Å²) in [4.78, 5) is 3.88. The van der Waals surface area contributed by atoms with Crippen LogP contribution in [0.4, 0.5) is 13.2 Å². The lowest BCUT2D eigenvalue weighted by Gasteiger charge is -2.37. The van der Waals surface area contributed by atoms with Gasteiger partial charge in [-0.3, -0.25) is 0 Å². The third kappa shape index (κ3) is 2.26. The molecule has 98 valence electrons. The molecule has 0 saturated heterocycles. The van der Waals surface area contributed by atoms with Gasteiger partial charge in [-0.15, -0.1) is 0 Å². The van der Waals surface area contributed by atoms with Gasteiger partial charge in [0.05, 0.1) is 6.04 Å². The van der Waals surface area contributed by atoms with Crippen molar-refractivity contribution in [2.75, 3.05) is 0 Å². The number of guanidine groups is 1. The van der Waals surface area contributed by atoms with Crippen LogP contribution in [0.3, 0.4) is 0 Å². The molecule has 4 N–H and O–H groups in total. The van der Waals surface area contributed by atoms with E-state index >= 15 is 0 Å². The second-order valence-electron chi connectivity index (χ2n) is 4.13. The van der Waals surface area contributed by atoms with Crippen molar-refractivity contribution in [3.63, 3.8) is 0 Å². The molecule has 0 spiro atoms. The van der Waals surface area contributed by atoms with Crippen molar-refractivity contribution in [3.8, 4) is 0 Å². The van der Waals surface area contributed by atoms with Crippen molar-refractivity contribution in [3.05, 3.63) is 35.9 Å². The predicted octanol–water partition coefficient (Wildman–Crippen LogP) is 1.29. The average molecular weight is 259 g/mol. The first-order chi connectivity index (χ1) is 8.32. The molecule has 7 heteroatoms. The van der Waals surface area contributed by atoms with Crippen LogP contribution in [0.1, 0.15) is 18.0 Å². The Hall–Kier alpha value is -1.76. The molecule has 0 unspecified atom stereocenters. The molecular weight excluding hydrogens is 247 g/mol. The summed E-state index contributed by atoms with van der Waals surface area (Å²) in [6.45, 7) is 0. The number of nitrogens with one attached hydrogen (secondary N) is 1. The maximum Gasteiger partial charge on any atom is 0.436 e. The Labute approximate surface area is 101 Å². The molecular formula is C11H12F3N3O. The van der Waals surface area contributed by atoms with Crippen LogP contribution in [0.25, 0.3) is 0 Å². The minimum atomic E-state index is -4.82. The second-order valence-corrected chi connectivity index (χ2v) is 4.13. The van der Waals surface area contributed by atoms with Gasteiger partial charge in [0, 0.05) is 6.42 Å². The van der Waals surface area contributed by atoms with Crippen LogP contribution in [0.2, 0.25) is 0 Å². The summed E-state index contributed by atoms with van der Waals surface area (Å²) in [5, 5.41) is 11.4. The van der Waals surface area contributed by atoms with E-state index in [1.54, 1.807) is 35.6 Å². The van der Waals surface area contributed by atoms with Gasteiger partial charge in [-0.05, 0) is 5.56 Å². The second kappa shape index (κ2) is 4.16. The molecule has 0 aromatic heterocycles. The first-order valence-corrected chi connectivity index (χ1v) is 5.27. The Kier molecular flexibility index (Phi) is 2.94. The maximum absolute atomic E-state index is 12.8. The zero-order chi connectivity index (χ0) is 13.4. The fourth-order valence-corrected chi connectivity index (χ4v) is 1.84. The number of hydrogen-bond acceptors (Lipinski definition) is 4. The molecule has 4 nitrogen and oxygen atoms in total.